The van der Waals surface area contributed by atoms with Crippen LogP contribution in [0.1, 0.15) is 5.56 Å². The third-order valence-corrected chi connectivity index (χ3v) is 3.66. The first-order valence-corrected chi connectivity index (χ1v) is 7.01. The average molecular weight is 326 g/mol. The highest BCUT2D eigenvalue weighted by atomic mass is 19.4. The molecule has 0 aliphatic carbocycles. The predicted molar refractivity (Wildman–Crippen MR) is 78.8 cm³/mol. The van der Waals surface area contributed by atoms with Crippen molar-refractivity contribution in [1.29, 1.82) is 0 Å². The Kier molecular flexibility index (Phi) is 3.89. The van der Waals surface area contributed by atoms with Crippen LogP contribution in [-0.4, -0.2) is 19.2 Å². The summed E-state index contributed by atoms with van der Waals surface area (Å²) in [4.78, 5) is 0. The van der Waals surface area contributed by atoms with Gasteiger partial charge in [0.2, 0.25) is 0 Å². The maximum atomic E-state index is 13.6. The fourth-order valence-corrected chi connectivity index (χ4v) is 2.57. The van der Waals surface area contributed by atoms with Crippen LogP contribution in [0, 0.1) is 5.82 Å². The van der Waals surface area contributed by atoms with Crippen molar-refractivity contribution >= 4 is 5.69 Å². The van der Waals surface area contributed by atoms with E-state index in [1.54, 1.807) is 12.1 Å². The Morgan fingerprint density at radius 2 is 1.96 bits per heavy atom. The number of nitrogens with two attached hydrogens (primary N) is 1. The van der Waals surface area contributed by atoms with Gasteiger partial charge in [0.25, 0.3) is 0 Å². The largest absolute Gasteiger partial charge is 0.484 e. The first kappa shape index (κ1) is 15.6. The summed E-state index contributed by atoms with van der Waals surface area (Å²) in [5, 5.41) is 3.07. The Balaban J connectivity index is 2.19. The van der Waals surface area contributed by atoms with Gasteiger partial charge in [-0.1, -0.05) is 12.1 Å². The summed E-state index contributed by atoms with van der Waals surface area (Å²) in [6, 6.07) is 7.16. The minimum atomic E-state index is -4.60. The number of rotatable bonds is 2. The molecule has 1 aliphatic heterocycles. The van der Waals surface area contributed by atoms with Crippen LogP contribution in [0.25, 0.3) is 11.1 Å². The molecule has 1 heterocycles. The zero-order valence-electron chi connectivity index (χ0n) is 12.0. The van der Waals surface area contributed by atoms with Gasteiger partial charge in [-0.05, 0) is 24.3 Å². The van der Waals surface area contributed by atoms with Crippen LogP contribution in [0.4, 0.5) is 23.2 Å². The lowest BCUT2D eigenvalue weighted by Crippen LogP contribution is -2.37. The zero-order valence-corrected chi connectivity index (χ0v) is 12.0. The second kappa shape index (κ2) is 5.73. The van der Waals surface area contributed by atoms with E-state index in [9.17, 15) is 17.6 Å². The van der Waals surface area contributed by atoms with Crippen molar-refractivity contribution in [3.8, 4) is 16.9 Å². The SMILES string of the molecule is NC[C@H]1CNc2cccc(-c3cc(F)ccc3C(F)(F)F)c2O1. The van der Waals surface area contributed by atoms with Crippen molar-refractivity contribution in [2.24, 2.45) is 5.73 Å². The van der Waals surface area contributed by atoms with Crippen LogP contribution in [0.3, 0.4) is 0 Å². The van der Waals surface area contributed by atoms with Gasteiger partial charge in [0, 0.05) is 17.7 Å². The number of benzene rings is 2. The van der Waals surface area contributed by atoms with Gasteiger partial charge in [-0.2, -0.15) is 13.2 Å². The maximum Gasteiger partial charge on any atom is 0.417 e. The van der Waals surface area contributed by atoms with E-state index in [2.05, 4.69) is 5.32 Å². The van der Waals surface area contributed by atoms with E-state index in [0.717, 1.165) is 18.2 Å². The van der Waals surface area contributed by atoms with Gasteiger partial charge in [0.1, 0.15) is 11.9 Å². The molecule has 1 atom stereocenters. The summed E-state index contributed by atoms with van der Waals surface area (Å²) >= 11 is 0. The van der Waals surface area contributed by atoms with Gasteiger partial charge in [-0.15, -0.1) is 0 Å². The number of hydrogen-bond donors (Lipinski definition) is 2. The molecule has 0 fully saturated rings. The summed E-state index contributed by atoms with van der Waals surface area (Å²) in [5.41, 5.74) is 5.14. The lowest BCUT2D eigenvalue weighted by atomic mass is 9.97. The van der Waals surface area contributed by atoms with E-state index >= 15 is 0 Å². The molecule has 1 aliphatic rings. The third-order valence-electron chi connectivity index (χ3n) is 3.66. The molecule has 3 nitrogen and oxygen atoms in total. The van der Waals surface area contributed by atoms with Crippen molar-refractivity contribution in [3.05, 3.63) is 47.8 Å². The molecular weight excluding hydrogens is 312 g/mol. The molecule has 0 amide bonds. The number of halogens is 4. The van der Waals surface area contributed by atoms with Crippen molar-refractivity contribution in [2.45, 2.75) is 12.3 Å². The minimum absolute atomic E-state index is 0.181. The monoisotopic (exact) mass is 326 g/mol. The van der Waals surface area contributed by atoms with Crippen molar-refractivity contribution in [2.75, 3.05) is 18.4 Å². The fourth-order valence-electron chi connectivity index (χ4n) is 2.57. The van der Waals surface area contributed by atoms with E-state index in [1.165, 1.54) is 6.07 Å². The summed E-state index contributed by atoms with van der Waals surface area (Å²) in [7, 11) is 0. The Hall–Kier alpha value is -2.28. The summed E-state index contributed by atoms with van der Waals surface area (Å²) < 4.78 is 59.0. The van der Waals surface area contributed by atoms with Gasteiger partial charge >= 0.3 is 6.18 Å². The van der Waals surface area contributed by atoms with Crippen molar-refractivity contribution < 1.29 is 22.3 Å². The lowest BCUT2D eigenvalue weighted by Gasteiger charge is -2.28. The highest BCUT2D eigenvalue weighted by Crippen LogP contribution is 2.44. The average Bonchev–Trinajstić information content (AvgIpc) is 2.52. The molecule has 0 bridgehead atoms. The molecule has 3 N–H and O–H groups in total. The Bertz CT molecular complexity index is 731. The molecule has 0 saturated carbocycles. The van der Waals surface area contributed by atoms with Crippen LogP contribution >= 0.6 is 0 Å². The molecule has 0 spiro atoms. The molecule has 122 valence electrons. The number of ether oxygens (including phenoxy) is 1. The van der Waals surface area contributed by atoms with Gasteiger partial charge in [-0.3, -0.25) is 0 Å². The predicted octanol–water partition coefficient (Wildman–Crippen LogP) is 3.64. The molecule has 2 aromatic rings. The summed E-state index contributed by atoms with van der Waals surface area (Å²) in [5.74, 6) is -0.491. The Morgan fingerprint density at radius 1 is 1.17 bits per heavy atom. The molecule has 0 aromatic heterocycles. The Morgan fingerprint density at radius 3 is 2.65 bits per heavy atom. The highest BCUT2D eigenvalue weighted by molar-refractivity contribution is 5.81. The third kappa shape index (κ3) is 2.96. The minimum Gasteiger partial charge on any atom is -0.484 e. The number of hydrogen-bond acceptors (Lipinski definition) is 3. The molecule has 2 aromatic carbocycles. The molecule has 7 heteroatoms. The van der Waals surface area contributed by atoms with Gasteiger partial charge < -0.3 is 15.8 Å². The highest BCUT2D eigenvalue weighted by Gasteiger charge is 2.35. The molecule has 3 rings (SSSR count). The van der Waals surface area contributed by atoms with E-state index in [-0.39, 0.29) is 29.5 Å². The second-order valence-corrected chi connectivity index (χ2v) is 5.23. The molecule has 0 radical (unpaired) electrons. The molecule has 0 saturated heterocycles. The van der Waals surface area contributed by atoms with E-state index in [4.69, 9.17) is 10.5 Å². The quantitative estimate of drug-likeness (QED) is 0.828. The topological polar surface area (TPSA) is 47.3 Å². The van der Waals surface area contributed by atoms with Crippen LogP contribution in [-0.2, 0) is 6.18 Å². The van der Waals surface area contributed by atoms with Crippen LogP contribution in [0.2, 0.25) is 0 Å². The number of fused-ring (bicyclic) bond motifs is 1. The summed E-state index contributed by atoms with van der Waals surface area (Å²) in [6.07, 6.45) is -4.95. The lowest BCUT2D eigenvalue weighted by molar-refractivity contribution is -0.137. The van der Waals surface area contributed by atoms with Gasteiger partial charge in [0.15, 0.2) is 5.75 Å². The molecular formula is C16H14F4N2O. The zero-order chi connectivity index (χ0) is 16.6. The van der Waals surface area contributed by atoms with Crippen LogP contribution < -0.4 is 15.8 Å². The molecule has 0 unspecified atom stereocenters. The second-order valence-electron chi connectivity index (χ2n) is 5.23. The smallest absolute Gasteiger partial charge is 0.417 e. The number of nitrogens with one attached hydrogen (secondary N) is 1. The van der Waals surface area contributed by atoms with E-state index in [0.29, 0.717) is 12.2 Å². The number of alkyl halides is 3. The Labute approximate surface area is 130 Å². The normalized spacial score (nSPS) is 17.2. The van der Waals surface area contributed by atoms with Gasteiger partial charge in [-0.25, -0.2) is 4.39 Å². The first-order chi connectivity index (χ1) is 10.9. The number of anilines is 1. The molecule has 23 heavy (non-hydrogen) atoms. The van der Waals surface area contributed by atoms with Gasteiger partial charge in [0.05, 0.1) is 17.8 Å². The van der Waals surface area contributed by atoms with Crippen LogP contribution in [0.15, 0.2) is 36.4 Å². The summed E-state index contributed by atoms with van der Waals surface area (Å²) in [6.45, 7) is 0.679. The first-order valence-electron chi connectivity index (χ1n) is 7.01. The van der Waals surface area contributed by atoms with E-state index in [1.807, 2.05) is 0 Å². The van der Waals surface area contributed by atoms with Crippen molar-refractivity contribution in [3.63, 3.8) is 0 Å². The number of para-hydroxylation sites is 1. The fraction of sp³-hybridized carbons (Fsp3) is 0.250. The standard InChI is InChI=1S/C16H14F4N2O/c17-9-4-5-13(16(18,19)20)12(6-9)11-2-1-3-14-15(11)23-10(7-21)8-22-14/h1-6,10,22H,7-8,21H2/t10-/m0/s1. The maximum absolute atomic E-state index is 13.6. The van der Waals surface area contributed by atoms with Crippen molar-refractivity contribution in [1.82, 2.24) is 0 Å². The van der Waals surface area contributed by atoms with Crippen LogP contribution in [0.5, 0.6) is 5.75 Å². The van der Waals surface area contributed by atoms with E-state index < -0.39 is 17.6 Å².